The highest BCUT2D eigenvalue weighted by molar-refractivity contribution is 4.83. The van der Waals surface area contributed by atoms with Gasteiger partial charge in [-0.3, -0.25) is 0 Å². The fourth-order valence-electron chi connectivity index (χ4n) is 1.60. The van der Waals surface area contributed by atoms with Gasteiger partial charge < -0.3 is 0 Å². The highest BCUT2D eigenvalue weighted by atomic mass is 19.4. The van der Waals surface area contributed by atoms with Crippen molar-refractivity contribution in [1.82, 2.24) is 0 Å². The summed E-state index contributed by atoms with van der Waals surface area (Å²) < 4.78 is 36.7. The van der Waals surface area contributed by atoms with E-state index in [1.54, 1.807) is 0 Å². The van der Waals surface area contributed by atoms with Crippen LogP contribution in [0.3, 0.4) is 0 Å². The van der Waals surface area contributed by atoms with E-state index >= 15 is 0 Å². The molecule has 0 N–H and O–H groups in total. The largest absolute Gasteiger partial charge is 0.392 e. The Balaban J connectivity index is 2.40. The van der Waals surface area contributed by atoms with E-state index in [2.05, 4.69) is 0 Å². The van der Waals surface area contributed by atoms with E-state index in [0.717, 1.165) is 25.7 Å². The lowest BCUT2D eigenvalue weighted by atomic mass is 9.91. The van der Waals surface area contributed by atoms with Gasteiger partial charge in [0.15, 0.2) is 0 Å². The van der Waals surface area contributed by atoms with Crippen LogP contribution < -0.4 is 0 Å². The SMILES string of the molecule is FC(F)(F)C1[CH]CCCCCC1. The summed E-state index contributed by atoms with van der Waals surface area (Å²) in [5, 5.41) is 0. The molecule has 0 aromatic rings. The van der Waals surface area contributed by atoms with Gasteiger partial charge in [0.05, 0.1) is 5.92 Å². The zero-order valence-electron chi connectivity index (χ0n) is 7.03. The van der Waals surface area contributed by atoms with Crippen LogP contribution in [0.2, 0.25) is 0 Å². The number of alkyl halides is 3. The molecular formula is C9H14F3. The molecule has 0 bridgehead atoms. The van der Waals surface area contributed by atoms with E-state index in [9.17, 15) is 13.2 Å². The summed E-state index contributed by atoms with van der Waals surface area (Å²) in [6, 6.07) is 0. The van der Waals surface area contributed by atoms with Crippen LogP contribution >= 0.6 is 0 Å². The van der Waals surface area contributed by atoms with Crippen molar-refractivity contribution >= 4 is 0 Å². The summed E-state index contributed by atoms with van der Waals surface area (Å²) in [5.41, 5.74) is 0. The van der Waals surface area contributed by atoms with Crippen LogP contribution in [0.15, 0.2) is 0 Å². The molecule has 0 nitrogen and oxygen atoms in total. The minimum Gasteiger partial charge on any atom is -0.171 e. The minimum absolute atomic E-state index is 0.295. The van der Waals surface area contributed by atoms with E-state index in [0.29, 0.717) is 12.8 Å². The molecule has 71 valence electrons. The Bertz CT molecular complexity index is 120. The van der Waals surface area contributed by atoms with Gasteiger partial charge in [0, 0.05) is 0 Å². The second-order valence-electron chi connectivity index (χ2n) is 3.38. The number of hydrogen-bond acceptors (Lipinski definition) is 0. The summed E-state index contributed by atoms with van der Waals surface area (Å²) in [6.45, 7) is 0. The maximum absolute atomic E-state index is 12.2. The molecule has 1 radical (unpaired) electrons. The van der Waals surface area contributed by atoms with Crippen molar-refractivity contribution in [3.8, 4) is 0 Å². The Morgan fingerprint density at radius 2 is 1.67 bits per heavy atom. The number of rotatable bonds is 0. The standard InChI is InChI=1S/C9H14F3/c10-9(11,12)8-6-4-2-1-3-5-7-8/h6,8H,1-5,7H2. The molecule has 1 saturated carbocycles. The van der Waals surface area contributed by atoms with Crippen LogP contribution in [0, 0.1) is 12.3 Å². The van der Waals surface area contributed by atoms with Gasteiger partial charge in [0.1, 0.15) is 0 Å². The minimum atomic E-state index is -4.00. The zero-order chi connectivity index (χ0) is 9.03. The molecule has 1 aliphatic carbocycles. The van der Waals surface area contributed by atoms with Crippen LogP contribution in [0.25, 0.3) is 0 Å². The summed E-state index contributed by atoms with van der Waals surface area (Å²) in [6.07, 6.45) is 2.05. The van der Waals surface area contributed by atoms with Gasteiger partial charge in [0.25, 0.3) is 0 Å². The first-order valence-electron chi connectivity index (χ1n) is 4.51. The Kier molecular flexibility index (Phi) is 3.41. The molecule has 0 aromatic heterocycles. The molecule has 1 unspecified atom stereocenters. The quantitative estimate of drug-likeness (QED) is 0.531. The third kappa shape index (κ3) is 3.03. The average Bonchev–Trinajstić information content (AvgIpc) is 1.81. The van der Waals surface area contributed by atoms with Crippen molar-refractivity contribution in [3.05, 3.63) is 6.42 Å². The topological polar surface area (TPSA) is 0 Å². The maximum Gasteiger partial charge on any atom is 0.392 e. The van der Waals surface area contributed by atoms with Gasteiger partial charge in [-0.15, -0.1) is 0 Å². The highest BCUT2D eigenvalue weighted by Gasteiger charge is 2.38. The second kappa shape index (κ2) is 4.15. The fraction of sp³-hybridized carbons (Fsp3) is 0.889. The van der Waals surface area contributed by atoms with Gasteiger partial charge >= 0.3 is 6.18 Å². The molecule has 1 aliphatic rings. The molecule has 0 spiro atoms. The van der Waals surface area contributed by atoms with Crippen molar-refractivity contribution in [3.63, 3.8) is 0 Å². The number of halogens is 3. The van der Waals surface area contributed by atoms with Crippen LogP contribution in [0.5, 0.6) is 0 Å². The molecule has 0 aliphatic heterocycles. The Labute approximate surface area is 71.1 Å². The van der Waals surface area contributed by atoms with Crippen LogP contribution in [0.4, 0.5) is 13.2 Å². The lowest BCUT2D eigenvalue weighted by Crippen LogP contribution is -2.24. The van der Waals surface area contributed by atoms with Gasteiger partial charge in [0.2, 0.25) is 0 Å². The summed E-state index contributed by atoms with van der Waals surface area (Å²) in [4.78, 5) is 0. The van der Waals surface area contributed by atoms with Crippen molar-refractivity contribution in [2.75, 3.05) is 0 Å². The molecular weight excluding hydrogens is 165 g/mol. The first kappa shape index (κ1) is 9.87. The lowest BCUT2D eigenvalue weighted by molar-refractivity contribution is -0.168. The first-order valence-corrected chi connectivity index (χ1v) is 4.51. The molecule has 12 heavy (non-hydrogen) atoms. The van der Waals surface area contributed by atoms with E-state index in [4.69, 9.17) is 0 Å². The van der Waals surface area contributed by atoms with Gasteiger partial charge in [-0.25, -0.2) is 0 Å². The van der Waals surface area contributed by atoms with E-state index in [-0.39, 0.29) is 0 Å². The maximum atomic E-state index is 12.2. The first-order chi connectivity index (χ1) is 5.61. The molecule has 3 heteroatoms. The average molecular weight is 179 g/mol. The Morgan fingerprint density at radius 3 is 2.33 bits per heavy atom. The zero-order valence-corrected chi connectivity index (χ0v) is 7.03. The second-order valence-corrected chi connectivity index (χ2v) is 3.38. The van der Waals surface area contributed by atoms with Gasteiger partial charge in [-0.2, -0.15) is 13.2 Å². The molecule has 0 heterocycles. The predicted octanol–water partition coefficient (Wildman–Crippen LogP) is 3.72. The van der Waals surface area contributed by atoms with E-state index < -0.39 is 12.1 Å². The molecule has 0 saturated heterocycles. The third-order valence-electron chi connectivity index (χ3n) is 2.34. The summed E-state index contributed by atoms with van der Waals surface area (Å²) >= 11 is 0. The van der Waals surface area contributed by atoms with Crippen molar-refractivity contribution in [2.24, 2.45) is 5.92 Å². The van der Waals surface area contributed by atoms with E-state index in [1.807, 2.05) is 0 Å². The summed E-state index contributed by atoms with van der Waals surface area (Å²) in [5.74, 6) is -1.14. The molecule has 0 amide bonds. The van der Waals surface area contributed by atoms with Crippen molar-refractivity contribution in [1.29, 1.82) is 0 Å². The Hall–Kier alpha value is -0.210. The highest BCUT2D eigenvalue weighted by Crippen LogP contribution is 2.35. The monoisotopic (exact) mass is 179 g/mol. The fourth-order valence-corrected chi connectivity index (χ4v) is 1.60. The predicted molar refractivity (Wildman–Crippen MR) is 41.5 cm³/mol. The van der Waals surface area contributed by atoms with Crippen LogP contribution in [-0.4, -0.2) is 6.18 Å². The molecule has 1 atom stereocenters. The normalized spacial score (nSPS) is 23.2. The van der Waals surface area contributed by atoms with Crippen LogP contribution in [0.1, 0.15) is 38.5 Å². The molecule has 1 fully saturated rings. The van der Waals surface area contributed by atoms with Gasteiger partial charge in [-0.05, 0) is 19.3 Å². The lowest BCUT2D eigenvalue weighted by Gasteiger charge is -2.21. The molecule has 1 rings (SSSR count). The van der Waals surface area contributed by atoms with Crippen molar-refractivity contribution in [2.45, 2.75) is 44.7 Å². The van der Waals surface area contributed by atoms with Crippen molar-refractivity contribution < 1.29 is 13.2 Å². The van der Waals surface area contributed by atoms with Crippen LogP contribution in [-0.2, 0) is 0 Å². The Morgan fingerprint density at radius 1 is 1.00 bits per heavy atom. The van der Waals surface area contributed by atoms with E-state index in [1.165, 1.54) is 6.42 Å². The molecule has 0 aromatic carbocycles. The third-order valence-corrected chi connectivity index (χ3v) is 2.34. The van der Waals surface area contributed by atoms with Gasteiger partial charge in [-0.1, -0.05) is 25.7 Å². The smallest absolute Gasteiger partial charge is 0.171 e. The summed E-state index contributed by atoms with van der Waals surface area (Å²) in [7, 11) is 0. The number of hydrogen-bond donors (Lipinski definition) is 0.